The second-order valence-electron chi connectivity index (χ2n) is 5.49. The summed E-state index contributed by atoms with van der Waals surface area (Å²) in [5.74, 6) is -0.385. The molecular weight excluding hydrogens is 244 g/mol. The van der Waals surface area contributed by atoms with Gasteiger partial charge in [-0.25, -0.2) is 9.59 Å². The van der Waals surface area contributed by atoms with E-state index in [0.29, 0.717) is 18.9 Å². The molecule has 2 atom stereocenters. The van der Waals surface area contributed by atoms with Crippen molar-refractivity contribution in [2.75, 3.05) is 6.54 Å². The zero-order valence-electron chi connectivity index (χ0n) is 12.5. The van der Waals surface area contributed by atoms with Crippen LogP contribution in [0.2, 0.25) is 0 Å². The Hall–Kier alpha value is -1.26. The average molecular weight is 272 g/mol. The third-order valence-corrected chi connectivity index (χ3v) is 3.26. The van der Waals surface area contributed by atoms with Crippen LogP contribution in [-0.4, -0.2) is 29.7 Å². The van der Waals surface area contributed by atoms with Crippen molar-refractivity contribution in [3.8, 4) is 0 Å². The highest BCUT2D eigenvalue weighted by atomic mass is 16.4. The molecule has 0 aromatic heterocycles. The van der Waals surface area contributed by atoms with Gasteiger partial charge in [0.2, 0.25) is 0 Å². The lowest BCUT2D eigenvalue weighted by atomic mass is 9.99. The van der Waals surface area contributed by atoms with E-state index in [2.05, 4.69) is 24.5 Å². The van der Waals surface area contributed by atoms with E-state index in [9.17, 15) is 9.59 Å². The molecule has 0 aromatic rings. The minimum absolute atomic E-state index is 0.0795. The summed E-state index contributed by atoms with van der Waals surface area (Å²) in [7, 11) is 0. The van der Waals surface area contributed by atoms with Gasteiger partial charge in [-0.3, -0.25) is 0 Å². The number of aliphatic carboxylic acids is 1. The Balaban J connectivity index is 3.91. The number of hydrogen-bond acceptors (Lipinski definition) is 2. The Bertz CT molecular complexity index is 280. The van der Waals surface area contributed by atoms with E-state index < -0.39 is 18.0 Å². The van der Waals surface area contributed by atoms with Crippen molar-refractivity contribution in [1.82, 2.24) is 10.6 Å². The third kappa shape index (κ3) is 8.46. The summed E-state index contributed by atoms with van der Waals surface area (Å²) in [6.07, 6.45) is 3.86. The first-order valence-electron chi connectivity index (χ1n) is 7.15. The number of amides is 2. The summed E-state index contributed by atoms with van der Waals surface area (Å²) < 4.78 is 0. The molecule has 2 amide bonds. The van der Waals surface area contributed by atoms with Gasteiger partial charge >= 0.3 is 12.0 Å². The highest BCUT2D eigenvalue weighted by Gasteiger charge is 2.24. The van der Waals surface area contributed by atoms with Crippen LogP contribution in [-0.2, 0) is 4.79 Å². The summed E-state index contributed by atoms with van der Waals surface area (Å²) in [6.45, 7) is 8.66. The molecule has 0 saturated heterocycles. The normalized spacial score (nSPS) is 13.9. The predicted octanol–water partition coefficient (Wildman–Crippen LogP) is 2.61. The maximum absolute atomic E-state index is 11.6. The first kappa shape index (κ1) is 17.7. The van der Waals surface area contributed by atoms with Crippen LogP contribution < -0.4 is 10.6 Å². The largest absolute Gasteiger partial charge is 0.480 e. The Morgan fingerprint density at radius 1 is 1.16 bits per heavy atom. The fraction of sp³-hybridized carbons (Fsp3) is 0.857. The van der Waals surface area contributed by atoms with Crippen molar-refractivity contribution in [2.45, 2.75) is 59.4 Å². The van der Waals surface area contributed by atoms with Gasteiger partial charge in [0.1, 0.15) is 6.04 Å². The minimum Gasteiger partial charge on any atom is -0.480 e. The van der Waals surface area contributed by atoms with E-state index >= 15 is 0 Å². The number of carboxylic acids is 1. The summed E-state index contributed by atoms with van der Waals surface area (Å²) >= 11 is 0. The fourth-order valence-electron chi connectivity index (χ4n) is 1.75. The molecule has 5 nitrogen and oxygen atoms in total. The monoisotopic (exact) mass is 272 g/mol. The quantitative estimate of drug-likeness (QED) is 0.564. The van der Waals surface area contributed by atoms with Gasteiger partial charge in [0.25, 0.3) is 0 Å². The maximum Gasteiger partial charge on any atom is 0.326 e. The van der Waals surface area contributed by atoms with Crippen molar-refractivity contribution < 1.29 is 14.7 Å². The topological polar surface area (TPSA) is 78.4 Å². The van der Waals surface area contributed by atoms with Crippen molar-refractivity contribution in [3.05, 3.63) is 0 Å². The van der Waals surface area contributed by atoms with Crippen LogP contribution in [0.15, 0.2) is 0 Å². The van der Waals surface area contributed by atoms with Gasteiger partial charge in [0.15, 0.2) is 0 Å². The van der Waals surface area contributed by atoms with E-state index in [1.54, 1.807) is 0 Å². The molecule has 0 fully saturated rings. The van der Waals surface area contributed by atoms with E-state index in [-0.39, 0.29) is 5.92 Å². The summed E-state index contributed by atoms with van der Waals surface area (Å²) in [5, 5.41) is 14.3. The number of carboxylic acid groups (broad SMARTS) is 1. The first-order valence-corrected chi connectivity index (χ1v) is 7.15. The zero-order valence-corrected chi connectivity index (χ0v) is 12.5. The zero-order chi connectivity index (χ0) is 14.8. The Morgan fingerprint density at radius 3 is 2.26 bits per heavy atom. The van der Waals surface area contributed by atoms with Gasteiger partial charge < -0.3 is 15.7 Å². The lowest BCUT2D eigenvalue weighted by Gasteiger charge is -2.20. The van der Waals surface area contributed by atoms with Crippen LogP contribution in [0.1, 0.15) is 53.4 Å². The van der Waals surface area contributed by atoms with Gasteiger partial charge in [-0.1, -0.05) is 47.0 Å². The highest BCUT2D eigenvalue weighted by molar-refractivity contribution is 5.82. The molecule has 5 heteroatoms. The van der Waals surface area contributed by atoms with Crippen LogP contribution >= 0.6 is 0 Å². The molecule has 0 saturated carbocycles. The molecule has 0 rings (SSSR count). The van der Waals surface area contributed by atoms with E-state index in [1.165, 1.54) is 0 Å². The van der Waals surface area contributed by atoms with Crippen LogP contribution in [0.5, 0.6) is 0 Å². The molecule has 112 valence electrons. The molecule has 0 aliphatic carbocycles. The van der Waals surface area contributed by atoms with Gasteiger partial charge in [-0.2, -0.15) is 0 Å². The SMILES string of the molecule is CCC(C)C(NC(=O)NCCCCC(C)C)C(=O)O. The molecule has 2 unspecified atom stereocenters. The van der Waals surface area contributed by atoms with Crippen LogP contribution in [0.3, 0.4) is 0 Å². The lowest BCUT2D eigenvalue weighted by molar-refractivity contribution is -0.140. The summed E-state index contributed by atoms with van der Waals surface area (Å²) in [4.78, 5) is 22.6. The van der Waals surface area contributed by atoms with E-state index in [4.69, 9.17) is 5.11 Å². The van der Waals surface area contributed by atoms with Gasteiger partial charge in [0, 0.05) is 6.54 Å². The Morgan fingerprint density at radius 2 is 1.79 bits per heavy atom. The van der Waals surface area contributed by atoms with Gasteiger partial charge in [-0.15, -0.1) is 0 Å². The molecule has 0 aromatic carbocycles. The van der Waals surface area contributed by atoms with Gasteiger partial charge in [0.05, 0.1) is 0 Å². The van der Waals surface area contributed by atoms with E-state index in [1.807, 2.05) is 13.8 Å². The van der Waals surface area contributed by atoms with E-state index in [0.717, 1.165) is 19.3 Å². The number of unbranched alkanes of at least 4 members (excludes halogenated alkanes) is 1. The Kier molecular flexibility index (Phi) is 9.00. The lowest BCUT2D eigenvalue weighted by Crippen LogP contribution is -2.49. The molecule has 19 heavy (non-hydrogen) atoms. The van der Waals surface area contributed by atoms with Crippen molar-refractivity contribution in [3.63, 3.8) is 0 Å². The Labute approximate surface area is 116 Å². The molecule has 0 spiro atoms. The predicted molar refractivity (Wildman–Crippen MR) is 76.1 cm³/mol. The smallest absolute Gasteiger partial charge is 0.326 e. The van der Waals surface area contributed by atoms with Crippen molar-refractivity contribution >= 4 is 12.0 Å². The summed E-state index contributed by atoms with van der Waals surface area (Å²) in [6, 6.07) is -1.21. The third-order valence-electron chi connectivity index (χ3n) is 3.26. The summed E-state index contributed by atoms with van der Waals surface area (Å²) in [5.41, 5.74) is 0. The molecule has 0 aliphatic heterocycles. The maximum atomic E-state index is 11.6. The minimum atomic E-state index is -0.982. The van der Waals surface area contributed by atoms with Gasteiger partial charge in [-0.05, 0) is 18.3 Å². The highest BCUT2D eigenvalue weighted by Crippen LogP contribution is 2.08. The molecule has 0 bridgehead atoms. The number of rotatable bonds is 9. The van der Waals surface area contributed by atoms with Crippen molar-refractivity contribution in [2.24, 2.45) is 11.8 Å². The number of carbonyl (C=O) groups excluding carboxylic acids is 1. The second kappa shape index (κ2) is 9.64. The number of hydrogen-bond donors (Lipinski definition) is 3. The fourth-order valence-corrected chi connectivity index (χ4v) is 1.75. The standard InChI is InChI=1S/C14H28N2O3/c1-5-11(4)12(13(17)18)16-14(19)15-9-7-6-8-10(2)3/h10-12H,5-9H2,1-4H3,(H,17,18)(H2,15,16,19). The number of urea groups is 1. The molecular formula is C14H28N2O3. The molecule has 0 heterocycles. The molecule has 0 radical (unpaired) electrons. The number of carbonyl (C=O) groups is 2. The average Bonchev–Trinajstić information content (AvgIpc) is 2.33. The molecule has 0 aliphatic rings. The van der Waals surface area contributed by atoms with Crippen LogP contribution in [0.4, 0.5) is 4.79 Å². The first-order chi connectivity index (χ1) is 8.88. The number of nitrogens with one attached hydrogen (secondary N) is 2. The molecule has 3 N–H and O–H groups in total. The van der Waals surface area contributed by atoms with Crippen LogP contribution in [0.25, 0.3) is 0 Å². The van der Waals surface area contributed by atoms with Crippen molar-refractivity contribution in [1.29, 1.82) is 0 Å². The van der Waals surface area contributed by atoms with Crippen LogP contribution in [0, 0.1) is 11.8 Å². The second-order valence-corrected chi connectivity index (χ2v) is 5.49.